The molecule has 0 unspecified atom stereocenters. The van der Waals surface area contributed by atoms with Gasteiger partial charge in [0.05, 0.1) is 18.0 Å². The summed E-state index contributed by atoms with van der Waals surface area (Å²) in [5.74, 6) is -1.26. The molecule has 0 aliphatic heterocycles. The molecule has 20 heavy (non-hydrogen) atoms. The van der Waals surface area contributed by atoms with Gasteiger partial charge in [-0.25, -0.2) is 9.18 Å². The number of nitrogens with one attached hydrogen (secondary N) is 2. The van der Waals surface area contributed by atoms with Crippen LogP contribution in [-0.4, -0.2) is 36.8 Å². The second-order valence-corrected chi connectivity index (χ2v) is 4.16. The molecule has 6 nitrogen and oxygen atoms in total. The van der Waals surface area contributed by atoms with Gasteiger partial charge in [0.2, 0.25) is 0 Å². The van der Waals surface area contributed by atoms with E-state index in [4.69, 9.17) is 21.4 Å². The summed E-state index contributed by atoms with van der Waals surface area (Å²) in [6, 6.07) is 3.54. The first kappa shape index (κ1) is 16.0. The summed E-state index contributed by atoms with van der Waals surface area (Å²) in [5.41, 5.74) is 0. The molecule has 0 aliphatic carbocycles. The molecule has 0 spiro atoms. The number of aliphatic carboxylic acids is 1. The standard InChI is InChI=1S/C12H14ClFN2O4/c13-9-2-1-8(7-10(9)14)20-6-5-16-12(19)15-4-3-11(17)18/h1-2,7H,3-6H2,(H,17,18)(H2,15,16,19). The Morgan fingerprint density at radius 3 is 2.65 bits per heavy atom. The predicted octanol–water partition coefficient (Wildman–Crippen LogP) is 1.63. The van der Waals surface area contributed by atoms with Crippen molar-refractivity contribution in [3.63, 3.8) is 0 Å². The van der Waals surface area contributed by atoms with Crippen LogP contribution in [0, 0.1) is 5.82 Å². The first-order valence-electron chi connectivity index (χ1n) is 5.80. The van der Waals surface area contributed by atoms with E-state index >= 15 is 0 Å². The summed E-state index contributed by atoms with van der Waals surface area (Å²) in [6.45, 7) is 0.390. The fourth-order valence-electron chi connectivity index (χ4n) is 1.25. The van der Waals surface area contributed by atoms with Crippen LogP contribution < -0.4 is 15.4 Å². The summed E-state index contributed by atoms with van der Waals surface area (Å²) in [6.07, 6.45) is -0.145. The molecule has 1 aromatic rings. The summed E-state index contributed by atoms with van der Waals surface area (Å²) in [4.78, 5) is 21.4. The van der Waals surface area contributed by atoms with E-state index in [-0.39, 0.29) is 31.1 Å². The number of urea groups is 1. The van der Waals surface area contributed by atoms with Gasteiger partial charge in [0, 0.05) is 12.6 Å². The smallest absolute Gasteiger partial charge is 0.314 e. The highest BCUT2D eigenvalue weighted by atomic mass is 35.5. The predicted molar refractivity (Wildman–Crippen MR) is 70.6 cm³/mol. The van der Waals surface area contributed by atoms with Crippen molar-refractivity contribution in [2.75, 3.05) is 19.7 Å². The van der Waals surface area contributed by atoms with Crippen molar-refractivity contribution in [1.29, 1.82) is 0 Å². The Balaban J connectivity index is 2.16. The monoisotopic (exact) mass is 304 g/mol. The second-order valence-electron chi connectivity index (χ2n) is 3.75. The quantitative estimate of drug-likeness (QED) is 0.668. The zero-order valence-corrected chi connectivity index (χ0v) is 11.2. The number of carboxylic acid groups (broad SMARTS) is 1. The zero-order valence-electron chi connectivity index (χ0n) is 10.5. The van der Waals surface area contributed by atoms with Crippen molar-refractivity contribution >= 4 is 23.6 Å². The lowest BCUT2D eigenvalue weighted by molar-refractivity contribution is -0.136. The van der Waals surface area contributed by atoms with Gasteiger partial charge in [-0.2, -0.15) is 0 Å². The van der Waals surface area contributed by atoms with E-state index in [1.54, 1.807) is 0 Å². The Morgan fingerprint density at radius 2 is 2.00 bits per heavy atom. The van der Waals surface area contributed by atoms with Crippen LogP contribution >= 0.6 is 11.6 Å². The molecule has 110 valence electrons. The van der Waals surface area contributed by atoms with Crippen molar-refractivity contribution in [3.05, 3.63) is 29.0 Å². The minimum Gasteiger partial charge on any atom is -0.492 e. The maximum atomic E-state index is 13.1. The Bertz CT molecular complexity index is 485. The van der Waals surface area contributed by atoms with Gasteiger partial charge in [-0.15, -0.1) is 0 Å². The molecule has 1 aromatic carbocycles. The van der Waals surface area contributed by atoms with Crippen LogP contribution in [-0.2, 0) is 4.79 Å². The highest BCUT2D eigenvalue weighted by molar-refractivity contribution is 6.30. The summed E-state index contributed by atoms with van der Waals surface area (Å²) < 4.78 is 18.3. The van der Waals surface area contributed by atoms with Crippen LogP contribution in [0.5, 0.6) is 5.75 Å². The molecule has 0 bridgehead atoms. The SMILES string of the molecule is O=C(O)CCNC(=O)NCCOc1ccc(Cl)c(F)c1. The number of benzene rings is 1. The van der Waals surface area contributed by atoms with Crippen molar-refractivity contribution in [3.8, 4) is 5.75 Å². The normalized spacial score (nSPS) is 9.90. The fourth-order valence-corrected chi connectivity index (χ4v) is 1.36. The maximum absolute atomic E-state index is 13.1. The Labute approximate surface area is 119 Å². The van der Waals surface area contributed by atoms with Crippen molar-refractivity contribution < 1.29 is 23.8 Å². The number of hydrogen-bond donors (Lipinski definition) is 3. The number of carbonyl (C=O) groups excluding carboxylic acids is 1. The van der Waals surface area contributed by atoms with Crippen LogP contribution in [0.4, 0.5) is 9.18 Å². The summed E-state index contributed by atoms with van der Waals surface area (Å²) in [7, 11) is 0. The number of rotatable bonds is 7. The average Bonchev–Trinajstić information content (AvgIpc) is 2.38. The number of halogens is 2. The van der Waals surface area contributed by atoms with Gasteiger partial charge in [0.1, 0.15) is 18.2 Å². The number of hydrogen-bond acceptors (Lipinski definition) is 3. The average molecular weight is 305 g/mol. The third kappa shape index (κ3) is 6.24. The van der Waals surface area contributed by atoms with Crippen LogP contribution in [0.1, 0.15) is 6.42 Å². The molecular formula is C12H14ClFN2O4. The third-order valence-electron chi connectivity index (χ3n) is 2.17. The number of carbonyl (C=O) groups is 2. The lowest BCUT2D eigenvalue weighted by Gasteiger charge is -2.08. The number of amides is 2. The molecule has 0 atom stereocenters. The minimum absolute atomic E-state index is 0.00767. The first-order chi connectivity index (χ1) is 9.49. The van der Waals surface area contributed by atoms with E-state index in [9.17, 15) is 14.0 Å². The van der Waals surface area contributed by atoms with Crippen molar-refractivity contribution in [2.45, 2.75) is 6.42 Å². The summed E-state index contributed by atoms with van der Waals surface area (Å²) >= 11 is 5.52. The maximum Gasteiger partial charge on any atom is 0.314 e. The molecule has 8 heteroatoms. The van der Waals surface area contributed by atoms with Gasteiger partial charge in [0.25, 0.3) is 0 Å². The topological polar surface area (TPSA) is 87.7 Å². The fraction of sp³-hybridized carbons (Fsp3) is 0.333. The van der Waals surface area contributed by atoms with Gasteiger partial charge >= 0.3 is 12.0 Å². The van der Waals surface area contributed by atoms with Gasteiger partial charge in [-0.05, 0) is 12.1 Å². The molecule has 0 fully saturated rings. The molecule has 0 aliphatic rings. The minimum atomic E-state index is -0.988. The largest absolute Gasteiger partial charge is 0.492 e. The Kier molecular flexibility index (Phi) is 6.58. The van der Waals surface area contributed by atoms with Crippen LogP contribution in [0.2, 0.25) is 5.02 Å². The first-order valence-corrected chi connectivity index (χ1v) is 6.18. The zero-order chi connectivity index (χ0) is 15.0. The number of ether oxygens (including phenoxy) is 1. The molecule has 0 radical (unpaired) electrons. The van der Waals surface area contributed by atoms with E-state index in [1.165, 1.54) is 12.1 Å². The van der Waals surface area contributed by atoms with Crippen LogP contribution in [0.15, 0.2) is 18.2 Å². The molecule has 2 amide bonds. The van der Waals surface area contributed by atoms with E-state index in [0.29, 0.717) is 5.75 Å². The lowest BCUT2D eigenvalue weighted by atomic mass is 10.3. The van der Waals surface area contributed by atoms with Gasteiger partial charge in [0.15, 0.2) is 0 Å². The van der Waals surface area contributed by atoms with E-state index in [0.717, 1.165) is 6.07 Å². The second kappa shape index (κ2) is 8.21. The molecule has 0 saturated carbocycles. The third-order valence-corrected chi connectivity index (χ3v) is 2.48. The van der Waals surface area contributed by atoms with E-state index in [1.807, 2.05) is 0 Å². The van der Waals surface area contributed by atoms with Crippen LogP contribution in [0.3, 0.4) is 0 Å². The molecular weight excluding hydrogens is 291 g/mol. The molecule has 0 heterocycles. The molecule has 0 saturated heterocycles. The Hall–Kier alpha value is -2.02. The van der Waals surface area contributed by atoms with Gasteiger partial charge in [-0.1, -0.05) is 11.6 Å². The van der Waals surface area contributed by atoms with E-state index in [2.05, 4.69) is 10.6 Å². The molecule has 3 N–H and O–H groups in total. The lowest BCUT2D eigenvalue weighted by Crippen LogP contribution is -2.38. The molecule has 1 rings (SSSR count). The number of carboxylic acids is 1. The van der Waals surface area contributed by atoms with Crippen molar-refractivity contribution in [1.82, 2.24) is 10.6 Å². The van der Waals surface area contributed by atoms with E-state index < -0.39 is 17.8 Å². The molecule has 0 aromatic heterocycles. The Morgan fingerprint density at radius 1 is 1.30 bits per heavy atom. The van der Waals surface area contributed by atoms with Gasteiger partial charge in [-0.3, -0.25) is 4.79 Å². The highest BCUT2D eigenvalue weighted by Gasteiger charge is 2.03. The van der Waals surface area contributed by atoms with Gasteiger partial charge < -0.3 is 20.5 Å². The summed E-state index contributed by atoms with van der Waals surface area (Å²) in [5, 5.41) is 13.2. The van der Waals surface area contributed by atoms with Crippen LogP contribution in [0.25, 0.3) is 0 Å². The highest BCUT2D eigenvalue weighted by Crippen LogP contribution is 2.20. The van der Waals surface area contributed by atoms with Crippen molar-refractivity contribution in [2.24, 2.45) is 0 Å².